The summed E-state index contributed by atoms with van der Waals surface area (Å²) in [4.78, 5) is 11.6. The topological polar surface area (TPSA) is 63.2 Å². The predicted molar refractivity (Wildman–Crippen MR) is 73.9 cm³/mol. The van der Waals surface area contributed by atoms with E-state index in [1.54, 1.807) is 6.07 Å². The van der Waals surface area contributed by atoms with Crippen LogP contribution in [0.5, 0.6) is 0 Å². The minimum absolute atomic E-state index is 0.0545. The number of nitrogens with one attached hydrogen (secondary N) is 1. The molecule has 0 aliphatic heterocycles. The van der Waals surface area contributed by atoms with Crippen molar-refractivity contribution >= 4 is 33.0 Å². The SMILES string of the molecule is CCS(=O)(=O)CC(=O)Nc1c(C)cc(C)cc1Cl. The Bertz CT molecular complexity index is 544. The highest BCUT2D eigenvalue weighted by Gasteiger charge is 2.16. The summed E-state index contributed by atoms with van der Waals surface area (Å²) >= 11 is 6.02. The number of anilines is 1. The Morgan fingerprint density at radius 3 is 2.44 bits per heavy atom. The van der Waals surface area contributed by atoms with Crippen LogP contribution in [0.15, 0.2) is 12.1 Å². The number of sulfone groups is 1. The summed E-state index contributed by atoms with van der Waals surface area (Å²) in [5.41, 5.74) is 2.26. The average molecular weight is 290 g/mol. The Morgan fingerprint density at radius 2 is 1.94 bits per heavy atom. The number of benzene rings is 1. The van der Waals surface area contributed by atoms with Crippen LogP contribution in [-0.4, -0.2) is 25.8 Å². The number of amides is 1. The van der Waals surface area contributed by atoms with Gasteiger partial charge in [0.2, 0.25) is 5.91 Å². The van der Waals surface area contributed by atoms with Crippen molar-refractivity contribution in [1.29, 1.82) is 0 Å². The summed E-state index contributed by atoms with van der Waals surface area (Å²) in [5, 5.41) is 2.96. The minimum Gasteiger partial charge on any atom is -0.324 e. The van der Waals surface area contributed by atoms with E-state index in [0.717, 1.165) is 11.1 Å². The zero-order chi connectivity index (χ0) is 13.9. The van der Waals surface area contributed by atoms with Crippen molar-refractivity contribution in [2.75, 3.05) is 16.8 Å². The highest BCUT2D eigenvalue weighted by Crippen LogP contribution is 2.27. The molecule has 0 atom stereocenters. The standard InChI is InChI=1S/C12H16ClNO3S/c1-4-18(16,17)7-11(15)14-12-9(3)5-8(2)6-10(12)13/h5-6H,4,7H2,1-3H3,(H,14,15). The maximum Gasteiger partial charge on any atom is 0.239 e. The van der Waals surface area contributed by atoms with Gasteiger partial charge in [-0.15, -0.1) is 0 Å². The van der Waals surface area contributed by atoms with E-state index in [1.165, 1.54) is 6.92 Å². The fourth-order valence-electron chi connectivity index (χ4n) is 1.55. The molecule has 6 heteroatoms. The van der Waals surface area contributed by atoms with Gasteiger partial charge in [-0.25, -0.2) is 8.42 Å². The first-order valence-corrected chi connectivity index (χ1v) is 7.72. The van der Waals surface area contributed by atoms with Gasteiger partial charge in [-0.2, -0.15) is 0 Å². The summed E-state index contributed by atoms with van der Waals surface area (Å²) in [6, 6.07) is 3.59. The highest BCUT2D eigenvalue weighted by atomic mass is 35.5. The van der Waals surface area contributed by atoms with Crippen LogP contribution in [0.1, 0.15) is 18.1 Å². The second-order valence-corrected chi connectivity index (χ2v) is 6.92. The molecule has 0 fully saturated rings. The molecule has 0 saturated heterocycles. The molecule has 1 amide bonds. The first-order valence-electron chi connectivity index (χ1n) is 5.52. The average Bonchev–Trinajstić information content (AvgIpc) is 2.22. The second-order valence-electron chi connectivity index (χ2n) is 4.16. The van der Waals surface area contributed by atoms with Gasteiger partial charge in [-0.1, -0.05) is 24.6 Å². The quantitative estimate of drug-likeness (QED) is 0.925. The van der Waals surface area contributed by atoms with E-state index in [-0.39, 0.29) is 5.75 Å². The lowest BCUT2D eigenvalue weighted by Crippen LogP contribution is -2.24. The molecule has 0 spiro atoms. The van der Waals surface area contributed by atoms with E-state index in [9.17, 15) is 13.2 Å². The fourth-order valence-corrected chi connectivity index (χ4v) is 2.60. The maximum atomic E-state index is 11.6. The molecule has 0 aliphatic rings. The number of carbonyl (C=O) groups is 1. The number of halogens is 1. The van der Waals surface area contributed by atoms with Crippen LogP contribution in [-0.2, 0) is 14.6 Å². The van der Waals surface area contributed by atoms with Gasteiger partial charge in [0.25, 0.3) is 0 Å². The van der Waals surface area contributed by atoms with Crippen LogP contribution in [0, 0.1) is 13.8 Å². The van der Waals surface area contributed by atoms with Gasteiger partial charge >= 0.3 is 0 Å². The zero-order valence-corrected chi connectivity index (χ0v) is 12.2. The fraction of sp³-hybridized carbons (Fsp3) is 0.417. The number of aryl methyl sites for hydroxylation is 2. The van der Waals surface area contributed by atoms with Crippen molar-refractivity contribution in [2.24, 2.45) is 0 Å². The Morgan fingerprint density at radius 1 is 1.33 bits per heavy atom. The van der Waals surface area contributed by atoms with E-state index in [0.29, 0.717) is 10.7 Å². The van der Waals surface area contributed by atoms with Crippen molar-refractivity contribution in [2.45, 2.75) is 20.8 Å². The minimum atomic E-state index is -3.33. The van der Waals surface area contributed by atoms with Crippen LogP contribution in [0.3, 0.4) is 0 Å². The summed E-state index contributed by atoms with van der Waals surface area (Å²) in [5.74, 6) is -1.14. The lowest BCUT2D eigenvalue weighted by atomic mass is 10.1. The van der Waals surface area contributed by atoms with E-state index in [2.05, 4.69) is 5.32 Å². The monoisotopic (exact) mass is 289 g/mol. The van der Waals surface area contributed by atoms with Crippen LogP contribution in [0.25, 0.3) is 0 Å². The Hall–Kier alpha value is -1.07. The van der Waals surface area contributed by atoms with Crippen molar-refractivity contribution in [1.82, 2.24) is 0 Å². The molecule has 18 heavy (non-hydrogen) atoms. The molecule has 1 rings (SSSR count). The number of hydrogen-bond acceptors (Lipinski definition) is 3. The third kappa shape index (κ3) is 3.99. The summed E-state index contributed by atoms with van der Waals surface area (Å²) in [7, 11) is -3.33. The summed E-state index contributed by atoms with van der Waals surface area (Å²) < 4.78 is 22.7. The molecular formula is C12H16ClNO3S. The molecule has 0 aromatic heterocycles. The van der Waals surface area contributed by atoms with Crippen molar-refractivity contribution in [3.8, 4) is 0 Å². The van der Waals surface area contributed by atoms with E-state index in [1.807, 2.05) is 19.9 Å². The van der Waals surface area contributed by atoms with E-state index >= 15 is 0 Å². The number of rotatable bonds is 4. The van der Waals surface area contributed by atoms with Crippen LogP contribution in [0.4, 0.5) is 5.69 Å². The molecule has 4 nitrogen and oxygen atoms in total. The lowest BCUT2D eigenvalue weighted by Gasteiger charge is -2.11. The normalized spacial score (nSPS) is 11.3. The maximum absolute atomic E-state index is 11.6. The van der Waals surface area contributed by atoms with Crippen molar-refractivity contribution < 1.29 is 13.2 Å². The van der Waals surface area contributed by atoms with Gasteiger partial charge in [0.1, 0.15) is 5.75 Å². The molecular weight excluding hydrogens is 274 g/mol. The lowest BCUT2D eigenvalue weighted by molar-refractivity contribution is -0.113. The van der Waals surface area contributed by atoms with Gasteiger partial charge < -0.3 is 5.32 Å². The van der Waals surface area contributed by atoms with Crippen molar-refractivity contribution in [3.05, 3.63) is 28.3 Å². The molecule has 1 N–H and O–H groups in total. The van der Waals surface area contributed by atoms with Crippen LogP contribution < -0.4 is 5.32 Å². The number of carbonyl (C=O) groups excluding carboxylic acids is 1. The smallest absolute Gasteiger partial charge is 0.239 e. The molecule has 0 saturated carbocycles. The van der Waals surface area contributed by atoms with Crippen LogP contribution >= 0.6 is 11.6 Å². The highest BCUT2D eigenvalue weighted by molar-refractivity contribution is 7.92. The van der Waals surface area contributed by atoms with Gasteiger partial charge in [0.05, 0.1) is 10.7 Å². The Balaban J connectivity index is 2.90. The zero-order valence-electron chi connectivity index (χ0n) is 10.6. The van der Waals surface area contributed by atoms with Gasteiger partial charge in [0.15, 0.2) is 9.84 Å². The Kier molecular flexibility index (Phi) is 4.76. The van der Waals surface area contributed by atoms with Gasteiger partial charge in [0, 0.05) is 5.75 Å². The van der Waals surface area contributed by atoms with E-state index in [4.69, 9.17) is 11.6 Å². The largest absolute Gasteiger partial charge is 0.324 e. The number of hydrogen-bond donors (Lipinski definition) is 1. The van der Waals surface area contributed by atoms with E-state index < -0.39 is 21.5 Å². The second kappa shape index (κ2) is 5.71. The summed E-state index contributed by atoms with van der Waals surface area (Å²) in [6.45, 7) is 5.21. The Labute approximate surface area is 112 Å². The first-order chi connectivity index (χ1) is 8.25. The van der Waals surface area contributed by atoms with Crippen molar-refractivity contribution in [3.63, 3.8) is 0 Å². The molecule has 100 valence electrons. The third-order valence-electron chi connectivity index (χ3n) is 2.49. The molecule has 1 aromatic rings. The van der Waals surface area contributed by atoms with Gasteiger partial charge in [-0.05, 0) is 31.0 Å². The molecule has 1 aromatic carbocycles. The molecule has 0 heterocycles. The molecule has 0 bridgehead atoms. The molecule has 0 aliphatic carbocycles. The van der Waals surface area contributed by atoms with Crippen LogP contribution in [0.2, 0.25) is 5.02 Å². The molecule has 0 unspecified atom stereocenters. The van der Waals surface area contributed by atoms with Gasteiger partial charge in [-0.3, -0.25) is 4.79 Å². The summed E-state index contributed by atoms with van der Waals surface area (Å²) in [6.07, 6.45) is 0. The first kappa shape index (κ1) is 15.0. The molecule has 0 radical (unpaired) electrons. The predicted octanol–water partition coefficient (Wildman–Crippen LogP) is 2.33. The third-order valence-corrected chi connectivity index (χ3v) is 4.37.